The zero-order chi connectivity index (χ0) is 20.2. The van der Waals surface area contributed by atoms with Gasteiger partial charge in [-0.3, -0.25) is 9.69 Å². The summed E-state index contributed by atoms with van der Waals surface area (Å²) in [6, 6.07) is 7.93. The van der Waals surface area contributed by atoms with Crippen molar-refractivity contribution in [3.05, 3.63) is 34.9 Å². The number of halogens is 4. The van der Waals surface area contributed by atoms with E-state index in [2.05, 4.69) is 16.3 Å². The molecule has 1 aromatic carbocycles. The van der Waals surface area contributed by atoms with E-state index in [9.17, 15) is 18.0 Å². The van der Waals surface area contributed by atoms with Crippen LogP contribution in [0.3, 0.4) is 0 Å². The van der Waals surface area contributed by atoms with Crippen molar-refractivity contribution in [1.82, 2.24) is 10.2 Å². The van der Waals surface area contributed by atoms with Gasteiger partial charge in [-0.1, -0.05) is 23.7 Å². The standard InChI is InChI=1S/C15H19ClN2O2.C2HF3O2/c1-17-15(19)13-6-12-8-18(9-14(13)20-12)7-10-3-2-4-11(16)5-10;3-2(4,5)1(6)7/h2-5,12-14H,6-9H2,1H3,(H,17,19);(H,6,7). The first-order valence-electron chi connectivity index (χ1n) is 8.24. The number of nitrogens with one attached hydrogen (secondary N) is 1. The fourth-order valence-corrected chi connectivity index (χ4v) is 3.43. The number of carbonyl (C=O) groups is 2. The number of hydrogen-bond donors (Lipinski definition) is 2. The summed E-state index contributed by atoms with van der Waals surface area (Å²) in [6.45, 7) is 2.55. The van der Waals surface area contributed by atoms with Crippen molar-refractivity contribution >= 4 is 23.5 Å². The van der Waals surface area contributed by atoms with E-state index in [-0.39, 0.29) is 24.0 Å². The summed E-state index contributed by atoms with van der Waals surface area (Å²) in [5, 5.41) is 10.6. The molecule has 2 aliphatic rings. The number of rotatable bonds is 3. The van der Waals surface area contributed by atoms with Crippen molar-refractivity contribution in [2.75, 3.05) is 20.1 Å². The number of ether oxygens (including phenoxy) is 1. The van der Waals surface area contributed by atoms with Gasteiger partial charge in [0.1, 0.15) is 0 Å². The quantitative estimate of drug-likeness (QED) is 0.802. The van der Waals surface area contributed by atoms with Crippen LogP contribution in [0.2, 0.25) is 5.02 Å². The van der Waals surface area contributed by atoms with Crippen LogP contribution in [0.25, 0.3) is 0 Å². The lowest BCUT2D eigenvalue weighted by molar-refractivity contribution is -0.192. The smallest absolute Gasteiger partial charge is 0.475 e. The van der Waals surface area contributed by atoms with Crippen LogP contribution in [0.15, 0.2) is 24.3 Å². The summed E-state index contributed by atoms with van der Waals surface area (Å²) in [6.07, 6.45) is -4.06. The Morgan fingerprint density at radius 3 is 2.59 bits per heavy atom. The summed E-state index contributed by atoms with van der Waals surface area (Å²) in [5.41, 5.74) is 1.20. The Morgan fingerprint density at radius 1 is 1.37 bits per heavy atom. The van der Waals surface area contributed by atoms with Gasteiger partial charge in [0, 0.05) is 31.7 Å². The highest BCUT2D eigenvalue weighted by molar-refractivity contribution is 6.30. The van der Waals surface area contributed by atoms with Crippen LogP contribution >= 0.6 is 11.6 Å². The first-order chi connectivity index (χ1) is 12.6. The molecule has 2 heterocycles. The van der Waals surface area contributed by atoms with E-state index < -0.39 is 12.1 Å². The van der Waals surface area contributed by atoms with Crippen molar-refractivity contribution in [3.63, 3.8) is 0 Å². The second-order valence-corrected chi connectivity index (χ2v) is 6.82. The fraction of sp³-hybridized carbons (Fsp3) is 0.529. The molecule has 150 valence electrons. The zero-order valence-corrected chi connectivity index (χ0v) is 15.3. The minimum Gasteiger partial charge on any atom is -0.475 e. The molecule has 6 nitrogen and oxygen atoms in total. The predicted molar refractivity (Wildman–Crippen MR) is 91.3 cm³/mol. The van der Waals surface area contributed by atoms with Gasteiger partial charge in [0.05, 0.1) is 18.1 Å². The van der Waals surface area contributed by atoms with Gasteiger partial charge in [-0.05, 0) is 24.1 Å². The van der Waals surface area contributed by atoms with Crippen molar-refractivity contribution in [2.45, 2.75) is 31.3 Å². The van der Waals surface area contributed by atoms with Gasteiger partial charge >= 0.3 is 12.1 Å². The number of carbonyl (C=O) groups excluding carboxylic acids is 1. The van der Waals surface area contributed by atoms with Crippen LogP contribution in [0, 0.1) is 5.92 Å². The van der Waals surface area contributed by atoms with Gasteiger partial charge in [-0.2, -0.15) is 13.2 Å². The Labute approximate surface area is 159 Å². The molecular weight excluding hydrogens is 389 g/mol. The SMILES string of the molecule is CNC(=O)C1CC2CN(Cc3cccc(Cl)c3)CC1O2.O=C(O)C(F)(F)F. The molecule has 0 saturated carbocycles. The predicted octanol–water partition coefficient (Wildman–Crippen LogP) is 2.31. The number of carboxylic acid groups (broad SMARTS) is 1. The van der Waals surface area contributed by atoms with Crippen molar-refractivity contribution in [1.29, 1.82) is 0 Å². The first-order valence-corrected chi connectivity index (χ1v) is 8.62. The second kappa shape index (κ2) is 8.90. The maximum atomic E-state index is 11.8. The average Bonchev–Trinajstić information content (AvgIpc) is 2.88. The summed E-state index contributed by atoms with van der Waals surface area (Å²) in [5.74, 6) is -2.66. The molecule has 27 heavy (non-hydrogen) atoms. The molecule has 1 aromatic rings. The lowest BCUT2D eigenvalue weighted by Gasteiger charge is -2.32. The molecule has 0 aliphatic carbocycles. The molecule has 1 amide bonds. The monoisotopic (exact) mass is 408 g/mol. The Kier molecular flexibility index (Phi) is 7.07. The molecule has 3 unspecified atom stereocenters. The number of morpholine rings is 1. The van der Waals surface area contributed by atoms with Gasteiger partial charge in [0.15, 0.2) is 0 Å². The molecule has 0 aromatic heterocycles. The summed E-state index contributed by atoms with van der Waals surface area (Å²) >= 11 is 6.02. The largest absolute Gasteiger partial charge is 0.490 e. The number of benzene rings is 1. The molecule has 3 atom stereocenters. The molecule has 0 radical (unpaired) electrons. The maximum absolute atomic E-state index is 11.8. The van der Waals surface area contributed by atoms with E-state index in [4.69, 9.17) is 26.2 Å². The van der Waals surface area contributed by atoms with E-state index in [0.29, 0.717) is 0 Å². The third kappa shape index (κ3) is 6.08. The molecular formula is C17H20ClF3N2O4. The lowest BCUT2D eigenvalue weighted by atomic mass is 10.00. The van der Waals surface area contributed by atoms with Crippen molar-refractivity contribution in [3.8, 4) is 0 Å². The summed E-state index contributed by atoms with van der Waals surface area (Å²) in [4.78, 5) is 23.1. The summed E-state index contributed by atoms with van der Waals surface area (Å²) < 4.78 is 37.6. The third-order valence-electron chi connectivity index (χ3n) is 4.35. The van der Waals surface area contributed by atoms with Crippen LogP contribution in [-0.4, -0.2) is 60.4 Å². The Balaban J connectivity index is 0.000000321. The van der Waals surface area contributed by atoms with Gasteiger partial charge in [-0.15, -0.1) is 0 Å². The average molecular weight is 409 g/mol. The first kappa shape index (κ1) is 21.5. The van der Waals surface area contributed by atoms with Crippen LogP contribution in [0.4, 0.5) is 13.2 Å². The van der Waals surface area contributed by atoms with Crippen LogP contribution in [0.1, 0.15) is 12.0 Å². The number of nitrogens with zero attached hydrogens (tertiary/aromatic N) is 1. The highest BCUT2D eigenvalue weighted by atomic mass is 35.5. The van der Waals surface area contributed by atoms with E-state index in [1.54, 1.807) is 7.05 Å². The molecule has 3 rings (SSSR count). The third-order valence-corrected chi connectivity index (χ3v) is 4.59. The number of fused-ring (bicyclic) bond motifs is 2. The molecule has 2 fully saturated rings. The lowest BCUT2D eigenvalue weighted by Crippen LogP contribution is -2.44. The fourth-order valence-electron chi connectivity index (χ4n) is 3.22. The van der Waals surface area contributed by atoms with Gasteiger partial charge in [0.2, 0.25) is 5.91 Å². The van der Waals surface area contributed by atoms with Crippen molar-refractivity contribution in [2.24, 2.45) is 5.92 Å². The molecule has 2 saturated heterocycles. The molecule has 2 bridgehead atoms. The summed E-state index contributed by atoms with van der Waals surface area (Å²) in [7, 11) is 1.69. The second-order valence-electron chi connectivity index (χ2n) is 6.38. The zero-order valence-electron chi connectivity index (χ0n) is 14.5. The van der Waals surface area contributed by atoms with Crippen LogP contribution in [-0.2, 0) is 20.9 Å². The van der Waals surface area contributed by atoms with Crippen LogP contribution < -0.4 is 5.32 Å². The number of hydrogen-bond acceptors (Lipinski definition) is 4. The van der Waals surface area contributed by atoms with E-state index in [1.165, 1.54) is 5.56 Å². The van der Waals surface area contributed by atoms with E-state index in [1.807, 2.05) is 18.2 Å². The maximum Gasteiger partial charge on any atom is 0.490 e. The molecule has 10 heteroatoms. The Hall–Kier alpha value is -1.84. The van der Waals surface area contributed by atoms with Gasteiger partial charge in [-0.25, -0.2) is 4.79 Å². The Bertz CT molecular complexity index is 686. The van der Waals surface area contributed by atoms with Crippen molar-refractivity contribution < 1.29 is 32.6 Å². The van der Waals surface area contributed by atoms with E-state index in [0.717, 1.165) is 31.1 Å². The number of likely N-dealkylation sites (tertiary alicyclic amines) is 1. The molecule has 0 spiro atoms. The van der Waals surface area contributed by atoms with Gasteiger partial charge in [0.25, 0.3) is 0 Å². The highest BCUT2D eigenvalue weighted by Gasteiger charge is 2.44. The molecule has 2 aliphatic heterocycles. The number of amides is 1. The Morgan fingerprint density at radius 2 is 2.04 bits per heavy atom. The van der Waals surface area contributed by atoms with Crippen LogP contribution in [0.5, 0.6) is 0 Å². The normalized spacial score (nSPS) is 24.7. The number of aliphatic carboxylic acids is 1. The van der Waals surface area contributed by atoms with E-state index >= 15 is 0 Å². The van der Waals surface area contributed by atoms with Gasteiger partial charge < -0.3 is 15.2 Å². The number of carboxylic acids is 1. The molecule has 2 N–H and O–H groups in total. The highest BCUT2D eigenvalue weighted by Crippen LogP contribution is 2.32. The minimum absolute atomic E-state index is 0.00522. The number of alkyl halides is 3. The minimum atomic E-state index is -5.08. The topological polar surface area (TPSA) is 78.9 Å².